The number of para-hydroxylation sites is 1. The Morgan fingerprint density at radius 1 is 1.33 bits per heavy atom. The minimum Gasteiger partial charge on any atom is -0.390 e. The van der Waals surface area contributed by atoms with Gasteiger partial charge in [0, 0.05) is 5.38 Å². The predicted molar refractivity (Wildman–Crippen MR) is 71.8 cm³/mol. The lowest BCUT2D eigenvalue weighted by Crippen LogP contribution is -2.18. The Morgan fingerprint density at radius 2 is 2.05 bits per heavy atom. The van der Waals surface area contributed by atoms with Crippen molar-refractivity contribution >= 4 is 22.9 Å². The van der Waals surface area contributed by atoms with Crippen molar-refractivity contribution in [3.05, 3.63) is 45.9 Å². The third kappa shape index (κ3) is 4.02. The zero-order valence-electron chi connectivity index (χ0n) is 10.6. The summed E-state index contributed by atoms with van der Waals surface area (Å²) in [5.74, 6) is -0.592. The van der Waals surface area contributed by atoms with Crippen LogP contribution in [-0.2, 0) is 24.0 Å². The van der Waals surface area contributed by atoms with Crippen molar-refractivity contribution in [2.75, 3.05) is 5.32 Å². The van der Waals surface area contributed by atoms with Crippen molar-refractivity contribution in [3.63, 3.8) is 0 Å². The van der Waals surface area contributed by atoms with E-state index >= 15 is 0 Å². The van der Waals surface area contributed by atoms with Crippen molar-refractivity contribution in [1.82, 2.24) is 4.98 Å². The van der Waals surface area contributed by atoms with E-state index in [9.17, 15) is 18.0 Å². The summed E-state index contributed by atoms with van der Waals surface area (Å²) in [5.41, 5.74) is -0.749. The van der Waals surface area contributed by atoms with Crippen LogP contribution in [0.3, 0.4) is 0 Å². The predicted octanol–water partition coefficient (Wildman–Crippen LogP) is 2.84. The van der Waals surface area contributed by atoms with E-state index in [1.807, 2.05) is 0 Å². The number of amides is 1. The summed E-state index contributed by atoms with van der Waals surface area (Å²) in [6.45, 7) is -0.241. The first-order valence-corrected chi connectivity index (χ1v) is 6.78. The molecule has 0 atom stereocenters. The Hall–Kier alpha value is -1.93. The molecule has 0 unspecified atom stereocenters. The van der Waals surface area contributed by atoms with Crippen LogP contribution in [0.2, 0.25) is 0 Å². The minimum atomic E-state index is -4.53. The van der Waals surface area contributed by atoms with Crippen molar-refractivity contribution in [2.24, 2.45) is 0 Å². The third-order valence-electron chi connectivity index (χ3n) is 2.58. The van der Waals surface area contributed by atoms with Crippen LogP contribution in [-0.4, -0.2) is 16.0 Å². The van der Waals surface area contributed by atoms with Crippen LogP contribution in [0.25, 0.3) is 0 Å². The number of hydrogen-bond donors (Lipinski definition) is 2. The molecule has 21 heavy (non-hydrogen) atoms. The summed E-state index contributed by atoms with van der Waals surface area (Å²) >= 11 is 1.17. The number of thiazole rings is 1. The molecule has 0 bridgehead atoms. The van der Waals surface area contributed by atoms with Gasteiger partial charge in [0.2, 0.25) is 5.91 Å². The minimum absolute atomic E-state index is 0.142. The summed E-state index contributed by atoms with van der Waals surface area (Å²) < 4.78 is 38.4. The highest BCUT2D eigenvalue weighted by atomic mass is 32.1. The van der Waals surface area contributed by atoms with Crippen LogP contribution < -0.4 is 5.32 Å². The number of benzene rings is 1. The molecule has 0 aliphatic rings. The van der Waals surface area contributed by atoms with E-state index in [4.69, 9.17) is 5.11 Å². The number of nitrogens with zero attached hydrogens (tertiary/aromatic N) is 1. The molecule has 0 aliphatic carbocycles. The van der Waals surface area contributed by atoms with E-state index in [2.05, 4.69) is 10.3 Å². The van der Waals surface area contributed by atoms with Crippen LogP contribution >= 0.6 is 11.3 Å². The molecule has 0 radical (unpaired) electrons. The van der Waals surface area contributed by atoms with Gasteiger partial charge < -0.3 is 10.4 Å². The standard InChI is InChI=1S/C13H11F3N2O2S/c14-13(15,16)9-3-1-2-4-10(9)18-11(20)5-12-17-8(6-19)7-21-12/h1-4,7,19H,5-6H2,(H,18,20). The lowest BCUT2D eigenvalue weighted by atomic mass is 10.1. The van der Waals surface area contributed by atoms with E-state index in [0.717, 1.165) is 6.07 Å². The Morgan fingerprint density at radius 3 is 2.67 bits per heavy atom. The number of carbonyl (C=O) groups is 1. The molecule has 112 valence electrons. The number of aromatic nitrogens is 1. The quantitative estimate of drug-likeness (QED) is 0.912. The second kappa shape index (κ2) is 6.23. The fraction of sp³-hybridized carbons (Fsp3) is 0.231. The van der Waals surface area contributed by atoms with Gasteiger partial charge >= 0.3 is 6.18 Å². The molecule has 1 aromatic heterocycles. The number of anilines is 1. The van der Waals surface area contributed by atoms with Crippen LogP contribution in [0.1, 0.15) is 16.3 Å². The molecular formula is C13H11F3N2O2S. The van der Waals surface area contributed by atoms with E-state index < -0.39 is 17.6 Å². The van der Waals surface area contributed by atoms with Gasteiger partial charge in [-0.3, -0.25) is 4.79 Å². The van der Waals surface area contributed by atoms with Gasteiger partial charge in [0.1, 0.15) is 5.01 Å². The zero-order valence-corrected chi connectivity index (χ0v) is 11.5. The van der Waals surface area contributed by atoms with Crippen LogP contribution in [0, 0.1) is 0 Å². The fourth-order valence-electron chi connectivity index (χ4n) is 1.67. The number of halogens is 3. The highest BCUT2D eigenvalue weighted by Crippen LogP contribution is 2.34. The van der Waals surface area contributed by atoms with E-state index in [1.165, 1.54) is 29.5 Å². The van der Waals surface area contributed by atoms with Crippen LogP contribution in [0.5, 0.6) is 0 Å². The summed E-state index contributed by atoms with van der Waals surface area (Å²) in [7, 11) is 0. The zero-order chi connectivity index (χ0) is 15.5. The Kier molecular flexibility index (Phi) is 4.59. The van der Waals surface area contributed by atoms with E-state index in [0.29, 0.717) is 10.7 Å². The number of alkyl halides is 3. The number of aliphatic hydroxyl groups excluding tert-OH is 1. The molecule has 1 heterocycles. The maximum atomic E-state index is 12.8. The van der Waals surface area contributed by atoms with E-state index in [1.54, 1.807) is 5.38 Å². The highest BCUT2D eigenvalue weighted by molar-refractivity contribution is 7.09. The lowest BCUT2D eigenvalue weighted by molar-refractivity contribution is -0.137. The van der Waals surface area contributed by atoms with E-state index in [-0.39, 0.29) is 18.7 Å². The van der Waals surface area contributed by atoms with Gasteiger partial charge in [0.25, 0.3) is 0 Å². The largest absolute Gasteiger partial charge is 0.418 e. The smallest absolute Gasteiger partial charge is 0.390 e. The number of nitrogens with one attached hydrogen (secondary N) is 1. The number of hydrogen-bond acceptors (Lipinski definition) is 4. The molecule has 2 rings (SSSR count). The average molecular weight is 316 g/mol. The van der Waals surface area contributed by atoms with Crippen molar-refractivity contribution in [1.29, 1.82) is 0 Å². The number of rotatable bonds is 4. The van der Waals surface area contributed by atoms with Gasteiger partial charge in [0.05, 0.1) is 30.0 Å². The molecule has 2 aromatic rings. The summed E-state index contributed by atoms with van der Waals surface area (Å²) in [6.07, 6.45) is -4.67. The highest BCUT2D eigenvalue weighted by Gasteiger charge is 2.33. The SMILES string of the molecule is O=C(Cc1nc(CO)cs1)Nc1ccccc1C(F)(F)F. The van der Waals surface area contributed by atoms with Crippen molar-refractivity contribution in [2.45, 2.75) is 19.2 Å². The van der Waals surface area contributed by atoms with Gasteiger partial charge in [-0.25, -0.2) is 4.98 Å². The molecule has 1 amide bonds. The summed E-state index contributed by atoms with van der Waals surface area (Å²) in [5, 5.41) is 13.1. The summed E-state index contributed by atoms with van der Waals surface area (Å²) in [6, 6.07) is 4.77. The maximum absolute atomic E-state index is 12.8. The topological polar surface area (TPSA) is 62.2 Å². The van der Waals surface area contributed by atoms with Gasteiger partial charge in [-0.15, -0.1) is 11.3 Å². The monoisotopic (exact) mass is 316 g/mol. The van der Waals surface area contributed by atoms with Crippen molar-refractivity contribution in [3.8, 4) is 0 Å². The van der Waals surface area contributed by atoms with Gasteiger partial charge in [-0.2, -0.15) is 13.2 Å². The Labute approximate surface area is 122 Å². The molecule has 0 fully saturated rings. The molecule has 2 N–H and O–H groups in total. The Balaban J connectivity index is 2.09. The van der Waals surface area contributed by atoms with Gasteiger partial charge in [0.15, 0.2) is 0 Å². The lowest BCUT2D eigenvalue weighted by Gasteiger charge is -2.13. The Bertz CT molecular complexity index is 640. The van der Waals surface area contributed by atoms with Crippen LogP contribution in [0.4, 0.5) is 18.9 Å². The molecule has 4 nitrogen and oxygen atoms in total. The normalized spacial score (nSPS) is 11.4. The first-order chi connectivity index (χ1) is 9.90. The molecular weight excluding hydrogens is 305 g/mol. The molecule has 8 heteroatoms. The first kappa shape index (κ1) is 15.5. The second-order valence-corrected chi connectivity index (χ2v) is 5.10. The fourth-order valence-corrected chi connectivity index (χ4v) is 2.46. The number of carbonyl (C=O) groups excluding carboxylic acids is 1. The van der Waals surface area contributed by atoms with Crippen molar-refractivity contribution < 1.29 is 23.1 Å². The maximum Gasteiger partial charge on any atom is 0.418 e. The van der Waals surface area contributed by atoms with Gasteiger partial charge in [-0.1, -0.05) is 12.1 Å². The van der Waals surface area contributed by atoms with Crippen LogP contribution in [0.15, 0.2) is 29.6 Å². The molecule has 0 spiro atoms. The van der Waals surface area contributed by atoms with Gasteiger partial charge in [-0.05, 0) is 12.1 Å². The molecule has 0 saturated carbocycles. The average Bonchev–Trinajstić information content (AvgIpc) is 2.85. The molecule has 0 saturated heterocycles. The second-order valence-electron chi connectivity index (χ2n) is 4.16. The molecule has 1 aromatic carbocycles. The molecule has 0 aliphatic heterocycles. The number of aliphatic hydroxyl groups is 1. The first-order valence-electron chi connectivity index (χ1n) is 5.90. The summed E-state index contributed by atoms with van der Waals surface area (Å²) in [4.78, 5) is 15.8. The third-order valence-corrected chi connectivity index (χ3v) is 3.48.